The average Bonchev–Trinajstić information content (AvgIpc) is 2.27. The highest BCUT2D eigenvalue weighted by atomic mass is 35.5. The molecule has 7 heteroatoms. The van der Waals surface area contributed by atoms with Gasteiger partial charge in [-0.1, -0.05) is 11.6 Å². The summed E-state index contributed by atoms with van der Waals surface area (Å²) in [5, 5.41) is 9.15. The molecule has 1 rings (SSSR count). The van der Waals surface area contributed by atoms with Crippen LogP contribution in [0.25, 0.3) is 0 Å². The van der Waals surface area contributed by atoms with E-state index in [1.165, 1.54) is 25.2 Å². The Hall–Kier alpha value is -1.43. The van der Waals surface area contributed by atoms with Crippen molar-refractivity contribution in [2.75, 3.05) is 13.6 Å². The lowest BCUT2D eigenvalue weighted by atomic mass is 10.2. The fourth-order valence-electron chi connectivity index (χ4n) is 1.26. The Labute approximate surface area is 107 Å². The van der Waals surface area contributed by atoms with Crippen LogP contribution in [0.2, 0.25) is 5.02 Å². The number of hydrogen-bond donors (Lipinski definition) is 1. The lowest BCUT2D eigenvalue weighted by Crippen LogP contribution is -2.30. The van der Waals surface area contributed by atoms with Crippen molar-refractivity contribution in [2.45, 2.75) is 12.6 Å². The Balaban J connectivity index is 2.71. The number of nitrogens with zero attached hydrogens (tertiary/aromatic N) is 1. The standard InChI is InChI=1S/C11H11ClF3NO2/c1-16(5-4-11(13,14)15)10(18)7-2-3-9(17)8(12)6-7/h2-3,6,17H,4-5H2,1H3. The normalized spacial score (nSPS) is 11.4. The van der Waals surface area contributed by atoms with Crippen molar-refractivity contribution in [1.29, 1.82) is 0 Å². The van der Waals surface area contributed by atoms with Crippen LogP contribution in [0.1, 0.15) is 16.8 Å². The number of phenols is 1. The Morgan fingerprint density at radius 1 is 1.44 bits per heavy atom. The van der Waals surface area contributed by atoms with Crippen molar-refractivity contribution in [3.8, 4) is 5.75 Å². The Bertz CT molecular complexity index is 448. The van der Waals surface area contributed by atoms with Gasteiger partial charge >= 0.3 is 6.18 Å². The van der Waals surface area contributed by atoms with Gasteiger partial charge in [-0.15, -0.1) is 0 Å². The summed E-state index contributed by atoms with van der Waals surface area (Å²) in [7, 11) is 1.27. The second kappa shape index (κ2) is 5.48. The molecule has 100 valence electrons. The zero-order valence-electron chi connectivity index (χ0n) is 9.46. The van der Waals surface area contributed by atoms with Crippen LogP contribution in [0.4, 0.5) is 13.2 Å². The number of carbonyl (C=O) groups is 1. The molecule has 0 aromatic heterocycles. The molecular weight excluding hydrogens is 271 g/mol. The predicted octanol–water partition coefficient (Wildman–Crippen LogP) is 3.07. The van der Waals surface area contributed by atoms with Gasteiger partial charge in [-0.05, 0) is 18.2 Å². The van der Waals surface area contributed by atoms with Gasteiger partial charge in [0.2, 0.25) is 0 Å². The van der Waals surface area contributed by atoms with Crippen LogP contribution in [0.3, 0.4) is 0 Å². The molecule has 3 nitrogen and oxygen atoms in total. The van der Waals surface area contributed by atoms with E-state index in [-0.39, 0.29) is 16.3 Å². The van der Waals surface area contributed by atoms with E-state index in [4.69, 9.17) is 16.7 Å². The van der Waals surface area contributed by atoms with Crippen LogP contribution in [-0.2, 0) is 0 Å². The summed E-state index contributed by atoms with van der Waals surface area (Å²) < 4.78 is 36.0. The van der Waals surface area contributed by atoms with Crippen LogP contribution < -0.4 is 0 Å². The fraction of sp³-hybridized carbons (Fsp3) is 0.364. The number of phenolic OH excluding ortho intramolecular Hbond substituents is 1. The molecule has 0 saturated heterocycles. The van der Waals surface area contributed by atoms with E-state index in [2.05, 4.69) is 0 Å². The van der Waals surface area contributed by atoms with E-state index < -0.39 is 25.0 Å². The zero-order chi connectivity index (χ0) is 13.9. The molecule has 0 fully saturated rings. The molecule has 0 radical (unpaired) electrons. The predicted molar refractivity (Wildman–Crippen MR) is 60.7 cm³/mol. The van der Waals surface area contributed by atoms with E-state index >= 15 is 0 Å². The minimum Gasteiger partial charge on any atom is -0.506 e. The summed E-state index contributed by atoms with van der Waals surface area (Å²) >= 11 is 5.61. The third kappa shape index (κ3) is 4.10. The maximum Gasteiger partial charge on any atom is 0.390 e. The van der Waals surface area contributed by atoms with E-state index in [0.29, 0.717) is 0 Å². The highest BCUT2D eigenvalue weighted by molar-refractivity contribution is 6.32. The van der Waals surface area contributed by atoms with Gasteiger partial charge in [-0.3, -0.25) is 4.79 Å². The van der Waals surface area contributed by atoms with E-state index in [1.54, 1.807) is 0 Å². The molecule has 0 aliphatic carbocycles. The van der Waals surface area contributed by atoms with Crippen molar-refractivity contribution in [3.63, 3.8) is 0 Å². The first kappa shape index (κ1) is 14.6. The molecule has 0 aliphatic heterocycles. The third-order valence-electron chi connectivity index (χ3n) is 2.27. The molecule has 0 heterocycles. The first-order chi connectivity index (χ1) is 8.20. The summed E-state index contributed by atoms with van der Waals surface area (Å²) in [4.78, 5) is 12.7. The number of carbonyl (C=O) groups excluding carboxylic acids is 1. The molecule has 0 unspecified atom stereocenters. The Morgan fingerprint density at radius 2 is 2.06 bits per heavy atom. The molecule has 1 N–H and O–H groups in total. The van der Waals surface area contributed by atoms with Gasteiger partial charge in [0, 0.05) is 19.2 Å². The van der Waals surface area contributed by atoms with Gasteiger partial charge in [-0.25, -0.2) is 0 Å². The topological polar surface area (TPSA) is 40.5 Å². The highest BCUT2D eigenvalue weighted by Crippen LogP contribution is 2.24. The SMILES string of the molecule is CN(CCC(F)(F)F)C(=O)c1ccc(O)c(Cl)c1. The number of rotatable bonds is 3. The van der Waals surface area contributed by atoms with Crippen LogP contribution in [0.5, 0.6) is 5.75 Å². The summed E-state index contributed by atoms with van der Waals surface area (Å²) in [5.74, 6) is -0.771. The Kier molecular flexibility index (Phi) is 4.45. The molecule has 0 aliphatic rings. The summed E-state index contributed by atoms with van der Waals surface area (Å²) in [6.45, 7) is -0.430. The molecule has 0 spiro atoms. The minimum atomic E-state index is -4.30. The highest BCUT2D eigenvalue weighted by Gasteiger charge is 2.28. The molecule has 0 bridgehead atoms. The van der Waals surface area contributed by atoms with Gasteiger partial charge < -0.3 is 10.0 Å². The van der Waals surface area contributed by atoms with Crippen molar-refractivity contribution in [2.24, 2.45) is 0 Å². The zero-order valence-corrected chi connectivity index (χ0v) is 10.2. The Morgan fingerprint density at radius 3 is 2.56 bits per heavy atom. The van der Waals surface area contributed by atoms with Crippen molar-refractivity contribution >= 4 is 17.5 Å². The number of hydrogen-bond acceptors (Lipinski definition) is 2. The third-order valence-corrected chi connectivity index (χ3v) is 2.57. The molecule has 18 heavy (non-hydrogen) atoms. The maximum absolute atomic E-state index is 12.0. The second-order valence-corrected chi connectivity index (χ2v) is 4.17. The van der Waals surface area contributed by atoms with Crippen molar-refractivity contribution in [3.05, 3.63) is 28.8 Å². The first-order valence-electron chi connectivity index (χ1n) is 5.01. The van der Waals surface area contributed by atoms with Crippen LogP contribution in [-0.4, -0.2) is 35.7 Å². The molecule has 1 amide bonds. The molecular formula is C11H11ClF3NO2. The van der Waals surface area contributed by atoms with E-state index in [0.717, 1.165) is 4.90 Å². The van der Waals surface area contributed by atoms with Crippen molar-refractivity contribution < 1.29 is 23.1 Å². The molecule has 0 atom stereocenters. The molecule has 1 aromatic carbocycles. The van der Waals surface area contributed by atoms with Crippen LogP contribution in [0, 0.1) is 0 Å². The number of halogens is 4. The van der Waals surface area contributed by atoms with Gasteiger partial charge in [0.1, 0.15) is 5.75 Å². The smallest absolute Gasteiger partial charge is 0.390 e. The number of benzene rings is 1. The van der Waals surface area contributed by atoms with Gasteiger partial charge in [0.05, 0.1) is 11.4 Å². The summed E-state index contributed by atoms with van der Waals surface area (Å²) in [5.41, 5.74) is 0.127. The summed E-state index contributed by atoms with van der Waals surface area (Å²) in [6.07, 6.45) is -5.37. The van der Waals surface area contributed by atoms with Crippen LogP contribution >= 0.6 is 11.6 Å². The fourth-order valence-corrected chi connectivity index (χ4v) is 1.44. The van der Waals surface area contributed by atoms with Crippen molar-refractivity contribution in [1.82, 2.24) is 4.90 Å². The monoisotopic (exact) mass is 281 g/mol. The van der Waals surface area contributed by atoms with Crippen LogP contribution in [0.15, 0.2) is 18.2 Å². The first-order valence-corrected chi connectivity index (χ1v) is 5.39. The van der Waals surface area contributed by atoms with E-state index in [9.17, 15) is 18.0 Å². The largest absolute Gasteiger partial charge is 0.506 e. The van der Waals surface area contributed by atoms with Gasteiger partial charge in [0.25, 0.3) is 5.91 Å². The molecule has 0 saturated carbocycles. The maximum atomic E-state index is 12.0. The van der Waals surface area contributed by atoms with E-state index in [1.807, 2.05) is 0 Å². The summed E-state index contributed by atoms with van der Waals surface area (Å²) in [6, 6.07) is 3.73. The minimum absolute atomic E-state index is 0.0231. The lowest BCUT2D eigenvalue weighted by molar-refractivity contribution is -0.136. The lowest BCUT2D eigenvalue weighted by Gasteiger charge is -2.18. The number of alkyl halides is 3. The second-order valence-electron chi connectivity index (χ2n) is 3.76. The number of aromatic hydroxyl groups is 1. The van der Waals surface area contributed by atoms with Gasteiger partial charge in [-0.2, -0.15) is 13.2 Å². The van der Waals surface area contributed by atoms with Gasteiger partial charge in [0.15, 0.2) is 0 Å². The number of amides is 1. The molecule has 1 aromatic rings. The quantitative estimate of drug-likeness (QED) is 0.925. The average molecular weight is 282 g/mol.